The summed E-state index contributed by atoms with van der Waals surface area (Å²) in [5.74, 6) is -0.168. The van der Waals surface area contributed by atoms with Gasteiger partial charge >= 0.3 is 12.0 Å². The monoisotopic (exact) mass is 294 g/mol. The second-order valence-electron chi connectivity index (χ2n) is 5.97. The fraction of sp³-hybridized carbons (Fsp3) is 0.600. The number of amides is 2. The molecule has 2 atom stereocenters. The number of nitrogens with zero attached hydrogens (tertiary/aromatic N) is 1. The van der Waals surface area contributed by atoms with E-state index in [1.54, 1.807) is 23.3 Å². The molecule has 1 fully saturated rings. The van der Waals surface area contributed by atoms with Gasteiger partial charge in [0.1, 0.15) is 5.76 Å². The Kier molecular flexibility index (Phi) is 4.25. The van der Waals surface area contributed by atoms with Crippen molar-refractivity contribution in [3.8, 4) is 0 Å². The normalized spacial score (nSPS) is 23.3. The number of carboxylic acids is 1. The van der Waals surface area contributed by atoms with Crippen LogP contribution in [0.1, 0.15) is 39.0 Å². The molecule has 1 aliphatic rings. The fourth-order valence-corrected chi connectivity index (χ4v) is 2.78. The van der Waals surface area contributed by atoms with E-state index in [9.17, 15) is 14.7 Å². The molecule has 1 aliphatic heterocycles. The standard InChI is InChI=1S/C15H22N2O4/c1-10(2)15(13(18)19)6-7-17(9-15)14(20)16-11(3)12-5-4-8-21-12/h4-5,8,10-11H,6-7,9H2,1-3H3,(H,16,20)(H,18,19). The van der Waals surface area contributed by atoms with E-state index in [1.807, 2.05) is 20.8 Å². The van der Waals surface area contributed by atoms with E-state index in [4.69, 9.17) is 4.42 Å². The van der Waals surface area contributed by atoms with Gasteiger partial charge in [-0.2, -0.15) is 0 Å². The zero-order chi connectivity index (χ0) is 15.6. The van der Waals surface area contributed by atoms with E-state index >= 15 is 0 Å². The molecule has 0 bridgehead atoms. The zero-order valence-corrected chi connectivity index (χ0v) is 12.6. The van der Waals surface area contributed by atoms with Gasteiger partial charge < -0.3 is 19.7 Å². The van der Waals surface area contributed by atoms with Crippen LogP contribution in [0.3, 0.4) is 0 Å². The summed E-state index contributed by atoms with van der Waals surface area (Å²) in [7, 11) is 0. The number of likely N-dealkylation sites (tertiary alicyclic amines) is 1. The molecule has 116 valence electrons. The first-order valence-electron chi connectivity index (χ1n) is 7.19. The molecule has 2 N–H and O–H groups in total. The van der Waals surface area contributed by atoms with Gasteiger partial charge in [0.15, 0.2) is 0 Å². The number of hydrogen-bond donors (Lipinski definition) is 2. The summed E-state index contributed by atoms with van der Waals surface area (Å²) in [5, 5.41) is 12.3. The van der Waals surface area contributed by atoms with E-state index in [1.165, 1.54) is 0 Å². The molecule has 2 unspecified atom stereocenters. The van der Waals surface area contributed by atoms with Gasteiger partial charge in [0.2, 0.25) is 0 Å². The fourth-order valence-electron chi connectivity index (χ4n) is 2.78. The molecule has 0 aromatic carbocycles. The summed E-state index contributed by atoms with van der Waals surface area (Å²) >= 11 is 0. The van der Waals surface area contributed by atoms with Crippen molar-refractivity contribution in [2.24, 2.45) is 11.3 Å². The predicted octanol–water partition coefficient (Wildman–Crippen LogP) is 2.48. The molecule has 1 aromatic rings. The number of hydrogen-bond acceptors (Lipinski definition) is 3. The molecule has 2 amide bonds. The maximum atomic E-state index is 12.3. The van der Waals surface area contributed by atoms with Gasteiger partial charge in [0, 0.05) is 13.1 Å². The largest absolute Gasteiger partial charge is 0.481 e. The van der Waals surface area contributed by atoms with Crippen LogP contribution < -0.4 is 5.32 Å². The van der Waals surface area contributed by atoms with Crippen LogP contribution in [0.5, 0.6) is 0 Å². The van der Waals surface area contributed by atoms with E-state index < -0.39 is 11.4 Å². The van der Waals surface area contributed by atoms with Crippen molar-refractivity contribution >= 4 is 12.0 Å². The van der Waals surface area contributed by atoms with Crippen molar-refractivity contribution in [1.82, 2.24) is 10.2 Å². The van der Waals surface area contributed by atoms with E-state index in [0.717, 1.165) is 0 Å². The Morgan fingerprint density at radius 3 is 2.62 bits per heavy atom. The summed E-state index contributed by atoms with van der Waals surface area (Å²) in [6, 6.07) is 3.07. The van der Waals surface area contributed by atoms with Crippen molar-refractivity contribution in [3.05, 3.63) is 24.2 Å². The first-order valence-corrected chi connectivity index (χ1v) is 7.19. The first-order chi connectivity index (χ1) is 9.86. The molecule has 0 aliphatic carbocycles. The Hall–Kier alpha value is -1.98. The summed E-state index contributed by atoms with van der Waals surface area (Å²) in [6.45, 7) is 6.32. The molecule has 0 radical (unpaired) electrons. The average Bonchev–Trinajstić information content (AvgIpc) is 3.09. The third-order valence-electron chi connectivity index (χ3n) is 4.43. The first kappa shape index (κ1) is 15.4. The van der Waals surface area contributed by atoms with Crippen LogP contribution in [0, 0.1) is 11.3 Å². The zero-order valence-electron chi connectivity index (χ0n) is 12.6. The van der Waals surface area contributed by atoms with Crippen LogP contribution in [0.15, 0.2) is 22.8 Å². The van der Waals surface area contributed by atoms with Gasteiger partial charge in [-0.15, -0.1) is 0 Å². The number of carboxylic acid groups (broad SMARTS) is 1. The number of aliphatic carboxylic acids is 1. The second kappa shape index (κ2) is 5.79. The lowest BCUT2D eigenvalue weighted by Gasteiger charge is -2.29. The number of carbonyl (C=O) groups excluding carboxylic acids is 1. The van der Waals surface area contributed by atoms with Crippen molar-refractivity contribution in [1.29, 1.82) is 0 Å². The van der Waals surface area contributed by atoms with E-state index in [2.05, 4.69) is 5.32 Å². The molecule has 1 saturated heterocycles. The third kappa shape index (κ3) is 2.89. The second-order valence-corrected chi connectivity index (χ2v) is 5.97. The van der Waals surface area contributed by atoms with Crippen LogP contribution in [0.4, 0.5) is 4.79 Å². The Morgan fingerprint density at radius 1 is 1.43 bits per heavy atom. The molecule has 0 saturated carbocycles. The molecular weight excluding hydrogens is 272 g/mol. The van der Waals surface area contributed by atoms with Crippen molar-refractivity contribution in [3.63, 3.8) is 0 Å². The van der Waals surface area contributed by atoms with Crippen LogP contribution in [0.25, 0.3) is 0 Å². The molecular formula is C15H22N2O4. The van der Waals surface area contributed by atoms with Crippen molar-refractivity contribution in [2.45, 2.75) is 33.2 Å². The summed E-state index contributed by atoms with van der Waals surface area (Å²) in [4.78, 5) is 25.4. The number of rotatable bonds is 4. The number of furan rings is 1. The van der Waals surface area contributed by atoms with E-state index in [0.29, 0.717) is 18.7 Å². The molecule has 1 aromatic heterocycles. The average molecular weight is 294 g/mol. The Balaban J connectivity index is 2.00. The minimum atomic E-state index is -0.842. The maximum absolute atomic E-state index is 12.3. The molecule has 21 heavy (non-hydrogen) atoms. The van der Waals surface area contributed by atoms with Crippen LogP contribution in [-0.2, 0) is 4.79 Å². The van der Waals surface area contributed by atoms with Crippen LogP contribution in [0.2, 0.25) is 0 Å². The lowest BCUT2D eigenvalue weighted by atomic mass is 9.76. The van der Waals surface area contributed by atoms with Crippen molar-refractivity contribution < 1.29 is 19.1 Å². The Labute approximate surface area is 124 Å². The quantitative estimate of drug-likeness (QED) is 0.893. The topological polar surface area (TPSA) is 82.8 Å². The number of nitrogens with one attached hydrogen (secondary N) is 1. The number of carbonyl (C=O) groups is 2. The minimum absolute atomic E-state index is 0.0182. The highest BCUT2D eigenvalue weighted by Crippen LogP contribution is 2.38. The summed E-state index contributed by atoms with van der Waals surface area (Å²) in [5.41, 5.74) is -0.842. The van der Waals surface area contributed by atoms with Gasteiger partial charge in [-0.1, -0.05) is 13.8 Å². The van der Waals surface area contributed by atoms with Gasteiger partial charge in [-0.3, -0.25) is 4.79 Å². The lowest BCUT2D eigenvalue weighted by molar-refractivity contribution is -0.150. The summed E-state index contributed by atoms with van der Waals surface area (Å²) in [6.07, 6.45) is 2.05. The van der Waals surface area contributed by atoms with E-state index in [-0.39, 0.29) is 24.5 Å². The van der Waals surface area contributed by atoms with Gasteiger partial charge in [-0.25, -0.2) is 4.79 Å². The lowest BCUT2D eigenvalue weighted by Crippen LogP contribution is -2.44. The van der Waals surface area contributed by atoms with Gasteiger partial charge in [0.25, 0.3) is 0 Å². The third-order valence-corrected chi connectivity index (χ3v) is 4.43. The number of urea groups is 1. The molecule has 6 heteroatoms. The highest BCUT2D eigenvalue weighted by molar-refractivity contribution is 5.80. The Morgan fingerprint density at radius 2 is 2.14 bits per heavy atom. The highest BCUT2D eigenvalue weighted by atomic mass is 16.4. The molecule has 2 heterocycles. The molecule has 2 rings (SSSR count). The van der Waals surface area contributed by atoms with Crippen LogP contribution >= 0.6 is 0 Å². The minimum Gasteiger partial charge on any atom is -0.481 e. The van der Waals surface area contributed by atoms with Gasteiger partial charge in [-0.05, 0) is 31.4 Å². The van der Waals surface area contributed by atoms with Crippen LogP contribution in [-0.4, -0.2) is 35.1 Å². The smallest absolute Gasteiger partial charge is 0.318 e. The molecule has 0 spiro atoms. The SMILES string of the molecule is CC(NC(=O)N1CCC(C(=O)O)(C(C)C)C1)c1ccco1. The maximum Gasteiger partial charge on any atom is 0.318 e. The van der Waals surface area contributed by atoms with Crippen molar-refractivity contribution in [2.75, 3.05) is 13.1 Å². The van der Waals surface area contributed by atoms with Gasteiger partial charge in [0.05, 0.1) is 17.7 Å². The molecule has 6 nitrogen and oxygen atoms in total. The predicted molar refractivity (Wildman–Crippen MR) is 76.8 cm³/mol. The highest BCUT2D eigenvalue weighted by Gasteiger charge is 2.48. The summed E-state index contributed by atoms with van der Waals surface area (Å²) < 4.78 is 5.25. The Bertz CT molecular complexity index is 512.